The minimum Gasteiger partial charge on any atom is -0.357 e. The number of carbonyl (C=O) groups excluding carboxylic acids is 1. The van der Waals surface area contributed by atoms with Crippen molar-refractivity contribution < 1.29 is 4.79 Å². The molecule has 3 aromatic heterocycles. The number of nitrogens with zero attached hydrogens (tertiary/aromatic N) is 5. The Kier molecular flexibility index (Phi) is 3.03. The Hall–Kier alpha value is -2.83. The quantitative estimate of drug-likeness (QED) is 0.787. The fourth-order valence-electron chi connectivity index (χ4n) is 2.75. The molecule has 1 aliphatic rings. The van der Waals surface area contributed by atoms with E-state index in [9.17, 15) is 4.79 Å². The lowest BCUT2D eigenvalue weighted by molar-refractivity contribution is 0.0702. The molecule has 112 valence electrons. The zero-order valence-electron chi connectivity index (χ0n) is 12.0. The maximum absolute atomic E-state index is 12.4. The Morgan fingerprint density at radius 2 is 2.27 bits per heavy atom. The van der Waals surface area contributed by atoms with Gasteiger partial charge in [0.1, 0.15) is 11.5 Å². The summed E-state index contributed by atoms with van der Waals surface area (Å²) in [5.41, 5.74) is 1.59. The van der Waals surface area contributed by atoms with Gasteiger partial charge in [-0.25, -0.2) is 4.98 Å². The van der Waals surface area contributed by atoms with Crippen molar-refractivity contribution in [3.05, 3.63) is 60.2 Å². The lowest BCUT2D eigenvalue weighted by atomic mass is 10.3. The highest BCUT2D eigenvalue weighted by atomic mass is 16.2. The molecule has 0 atom stereocenters. The number of nitrogens with one attached hydrogen (secondary N) is 1. The maximum Gasteiger partial charge on any atom is 0.270 e. The van der Waals surface area contributed by atoms with Crippen LogP contribution in [0.25, 0.3) is 0 Å². The summed E-state index contributed by atoms with van der Waals surface area (Å²) in [5, 5.41) is 4.19. The minimum atomic E-state index is 0.0212. The van der Waals surface area contributed by atoms with E-state index in [2.05, 4.69) is 19.6 Å². The molecule has 0 bridgehead atoms. The first-order chi connectivity index (χ1) is 10.8. The molecule has 0 saturated heterocycles. The van der Waals surface area contributed by atoms with E-state index in [4.69, 9.17) is 0 Å². The third-order valence-electron chi connectivity index (χ3n) is 3.85. The highest BCUT2D eigenvalue weighted by Gasteiger charge is 2.23. The summed E-state index contributed by atoms with van der Waals surface area (Å²) in [6.07, 6.45) is 7.49. The lowest BCUT2D eigenvalue weighted by Gasteiger charge is -2.27. The van der Waals surface area contributed by atoms with E-state index >= 15 is 0 Å². The van der Waals surface area contributed by atoms with E-state index in [1.807, 2.05) is 34.1 Å². The van der Waals surface area contributed by atoms with Crippen LogP contribution in [0, 0.1) is 0 Å². The van der Waals surface area contributed by atoms with Gasteiger partial charge >= 0.3 is 0 Å². The monoisotopic (exact) mass is 296 g/mol. The zero-order chi connectivity index (χ0) is 14.9. The fraction of sp³-hybridized carbons (Fsp3) is 0.267. The van der Waals surface area contributed by atoms with Gasteiger partial charge in [-0.3, -0.25) is 9.48 Å². The van der Waals surface area contributed by atoms with E-state index in [0.717, 1.165) is 18.1 Å². The van der Waals surface area contributed by atoms with E-state index in [1.165, 1.54) is 0 Å². The minimum absolute atomic E-state index is 0.0212. The van der Waals surface area contributed by atoms with Crippen molar-refractivity contribution in [2.24, 2.45) is 0 Å². The molecular weight excluding hydrogens is 280 g/mol. The number of carbonyl (C=O) groups is 1. The number of amides is 1. The van der Waals surface area contributed by atoms with Crippen LogP contribution in [-0.4, -0.2) is 41.7 Å². The first kappa shape index (κ1) is 12.9. The van der Waals surface area contributed by atoms with E-state index in [0.29, 0.717) is 25.3 Å². The molecule has 4 heterocycles. The van der Waals surface area contributed by atoms with Gasteiger partial charge in [0.15, 0.2) is 0 Å². The van der Waals surface area contributed by atoms with Crippen LogP contribution in [0.3, 0.4) is 0 Å². The molecule has 1 aliphatic heterocycles. The van der Waals surface area contributed by atoms with Gasteiger partial charge in [0.25, 0.3) is 5.91 Å². The van der Waals surface area contributed by atoms with E-state index in [-0.39, 0.29) is 5.91 Å². The van der Waals surface area contributed by atoms with Crippen LogP contribution in [0.15, 0.2) is 43.0 Å². The van der Waals surface area contributed by atoms with Crippen LogP contribution in [0.1, 0.15) is 22.0 Å². The van der Waals surface area contributed by atoms with Crippen molar-refractivity contribution in [3.63, 3.8) is 0 Å². The molecule has 0 saturated carbocycles. The number of hydrogen-bond donors (Lipinski definition) is 1. The van der Waals surface area contributed by atoms with Crippen LogP contribution in [0.5, 0.6) is 0 Å². The molecule has 1 amide bonds. The van der Waals surface area contributed by atoms with Crippen molar-refractivity contribution in [1.29, 1.82) is 0 Å². The Morgan fingerprint density at radius 1 is 1.32 bits per heavy atom. The lowest BCUT2D eigenvalue weighted by Crippen LogP contribution is -2.38. The Bertz CT molecular complexity index is 771. The normalized spacial score (nSPS) is 14.1. The summed E-state index contributed by atoms with van der Waals surface area (Å²) in [6.45, 7) is 2.66. The second-order valence-corrected chi connectivity index (χ2v) is 5.36. The molecule has 0 radical (unpaired) electrons. The summed E-state index contributed by atoms with van der Waals surface area (Å²) in [6, 6.07) is 5.53. The highest BCUT2D eigenvalue weighted by molar-refractivity contribution is 5.92. The van der Waals surface area contributed by atoms with E-state index < -0.39 is 0 Å². The third kappa shape index (κ3) is 2.30. The summed E-state index contributed by atoms with van der Waals surface area (Å²) >= 11 is 0. The number of aromatic amines is 1. The Morgan fingerprint density at radius 3 is 3.05 bits per heavy atom. The number of rotatable bonds is 3. The average Bonchev–Trinajstić information content (AvgIpc) is 3.27. The molecular formula is C15H16N6O. The Labute approximate surface area is 127 Å². The van der Waals surface area contributed by atoms with E-state index in [1.54, 1.807) is 18.5 Å². The Balaban J connectivity index is 1.51. The first-order valence-electron chi connectivity index (χ1n) is 7.24. The molecule has 0 aliphatic carbocycles. The van der Waals surface area contributed by atoms with Crippen molar-refractivity contribution in [2.75, 3.05) is 6.54 Å². The summed E-state index contributed by atoms with van der Waals surface area (Å²) < 4.78 is 3.97. The third-order valence-corrected chi connectivity index (χ3v) is 3.85. The standard InChI is InChI=1S/C15H16N6O/c22-15(13-3-1-4-16-13)20-8-7-19-9-12(18-14(19)11-20)10-21-6-2-5-17-21/h1-6,9,16H,7-8,10-11H2. The molecule has 22 heavy (non-hydrogen) atoms. The maximum atomic E-state index is 12.4. The van der Waals surface area contributed by atoms with Crippen molar-refractivity contribution in [1.82, 2.24) is 29.2 Å². The molecule has 7 heteroatoms. The second-order valence-electron chi connectivity index (χ2n) is 5.36. The van der Waals surface area contributed by atoms with Crippen LogP contribution in [-0.2, 0) is 19.6 Å². The van der Waals surface area contributed by atoms with Gasteiger partial charge < -0.3 is 14.5 Å². The highest BCUT2D eigenvalue weighted by Crippen LogP contribution is 2.15. The van der Waals surface area contributed by atoms with Crippen molar-refractivity contribution >= 4 is 5.91 Å². The first-order valence-corrected chi connectivity index (χ1v) is 7.24. The number of fused-ring (bicyclic) bond motifs is 1. The number of hydrogen-bond acceptors (Lipinski definition) is 3. The second kappa shape index (κ2) is 5.18. The number of aromatic nitrogens is 5. The average molecular weight is 296 g/mol. The van der Waals surface area contributed by atoms with Crippen LogP contribution < -0.4 is 0 Å². The van der Waals surface area contributed by atoms with Crippen LogP contribution >= 0.6 is 0 Å². The van der Waals surface area contributed by atoms with Gasteiger partial charge in [-0.2, -0.15) is 5.10 Å². The molecule has 0 spiro atoms. The van der Waals surface area contributed by atoms with Crippen molar-refractivity contribution in [3.8, 4) is 0 Å². The van der Waals surface area contributed by atoms with Crippen LogP contribution in [0.4, 0.5) is 0 Å². The zero-order valence-corrected chi connectivity index (χ0v) is 12.0. The predicted octanol–water partition coefficient (Wildman–Crippen LogP) is 1.11. The SMILES string of the molecule is O=C(c1ccc[nH]1)N1CCn2cc(Cn3cccn3)nc2C1. The van der Waals surface area contributed by atoms with Gasteiger partial charge in [-0.1, -0.05) is 0 Å². The molecule has 0 fully saturated rings. The van der Waals surface area contributed by atoms with Gasteiger partial charge in [0.2, 0.25) is 0 Å². The molecule has 7 nitrogen and oxygen atoms in total. The van der Waals surface area contributed by atoms with Gasteiger partial charge in [-0.05, 0) is 18.2 Å². The molecule has 0 unspecified atom stereocenters. The number of H-pyrrole nitrogens is 1. The molecule has 1 N–H and O–H groups in total. The topological polar surface area (TPSA) is 71.7 Å². The van der Waals surface area contributed by atoms with Gasteiger partial charge in [0, 0.05) is 37.9 Å². The van der Waals surface area contributed by atoms with Gasteiger partial charge in [-0.15, -0.1) is 0 Å². The number of imidazole rings is 1. The molecule has 0 aromatic carbocycles. The fourth-order valence-corrected chi connectivity index (χ4v) is 2.75. The summed E-state index contributed by atoms with van der Waals surface area (Å²) in [4.78, 5) is 21.8. The van der Waals surface area contributed by atoms with Crippen LogP contribution in [0.2, 0.25) is 0 Å². The molecule has 3 aromatic rings. The summed E-state index contributed by atoms with van der Waals surface area (Å²) in [5.74, 6) is 0.946. The summed E-state index contributed by atoms with van der Waals surface area (Å²) in [7, 11) is 0. The van der Waals surface area contributed by atoms with Crippen molar-refractivity contribution in [2.45, 2.75) is 19.6 Å². The smallest absolute Gasteiger partial charge is 0.270 e. The predicted molar refractivity (Wildman–Crippen MR) is 79.1 cm³/mol. The molecule has 4 rings (SSSR count). The largest absolute Gasteiger partial charge is 0.357 e. The van der Waals surface area contributed by atoms with Gasteiger partial charge in [0.05, 0.1) is 18.8 Å².